The summed E-state index contributed by atoms with van der Waals surface area (Å²) >= 11 is 0. The van der Waals surface area contributed by atoms with Gasteiger partial charge in [0.1, 0.15) is 0 Å². The molecule has 0 aliphatic carbocycles. The Morgan fingerprint density at radius 2 is 2.08 bits per heavy atom. The molecule has 0 aromatic rings. The van der Waals surface area contributed by atoms with Gasteiger partial charge in [0, 0.05) is 13.0 Å². The first kappa shape index (κ1) is 11.3. The van der Waals surface area contributed by atoms with E-state index >= 15 is 0 Å². The number of rotatable bonds is 4. The maximum absolute atomic E-state index is 3.10. The molecule has 0 aromatic carbocycles. The maximum Gasteiger partial charge on any atom is 0.0166 e. The maximum atomic E-state index is 3.10. The predicted octanol–water partition coefficient (Wildman–Crippen LogP) is 2.30. The fraction of sp³-hybridized carbons (Fsp3) is 0.636. The highest BCUT2D eigenvalue weighted by Crippen LogP contribution is 1.90. The van der Waals surface area contributed by atoms with E-state index in [9.17, 15) is 0 Å². The lowest BCUT2D eigenvalue weighted by Crippen LogP contribution is -2.10. The zero-order valence-electron chi connectivity index (χ0n) is 8.43. The average Bonchev–Trinajstić information content (AvgIpc) is 2.02. The summed E-state index contributed by atoms with van der Waals surface area (Å²) in [7, 11) is 4.10. The zero-order valence-corrected chi connectivity index (χ0v) is 8.43. The van der Waals surface area contributed by atoms with Crippen molar-refractivity contribution in [3.05, 3.63) is 12.2 Å². The molecule has 68 valence electrons. The van der Waals surface area contributed by atoms with Gasteiger partial charge < -0.3 is 4.90 Å². The van der Waals surface area contributed by atoms with Crippen molar-refractivity contribution >= 4 is 0 Å². The van der Waals surface area contributed by atoms with E-state index in [1.54, 1.807) is 0 Å². The minimum atomic E-state index is 0.975. The van der Waals surface area contributed by atoms with Crippen LogP contribution in [0.25, 0.3) is 0 Å². The van der Waals surface area contributed by atoms with E-state index in [1.807, 2.05) is 6.08 Å². The van der Waals surface area contributed by atoms with Gasteiger partial charge in [-0.05, 0) is 26.6 Å². The lowest BCUT2D eigenvalue weighted by atomic mass is 10.2. The third-order valence-corrected chi connectivity index (χ3v) is 1.43. The fourth-order valence-corrected chi connectivity index (χ4v) is 0.719. The van der Waals surface area contributed by atoms with Gasteiger partial charge in [0.25, 0.3) is 0 Å². The van der Waals surface area contributed by atoms with E-state index in [4.69, 9.17) is 0 Å². The van der Waals surface area contributed by atoms with E-state index in [0.717, 1.165) is 13.0 Å². The molecular weight excluding hydrogens is 146 g/mol. The molecule has 0 saturated heterocycles. The second-order valence-electron chi connectivity index (χ2n) is 3.09. The number of likely N-dealkylation sites (N-methyl/N-ethyl adjacent to an activating group) is 1. The van der Waals surface area contributed by atoms with Crippen molar-refractivity contribution in [2.45, 2.75) is 26.2 Å². The number of allylic oxidation sites excluding steroid dienone is 1. The molecule has 0 bridgehead atoms. The molecule has 0 N–H and O–H groups in total. The highest BCUT2D eigenvalue weighted by atomic mass is 15.0. The Balaban J connectivity index is 3.36. The van der Waals surface area contributed by atoms with Gasteiger partial charge in [-0.3, -0.25) is 0 Å². The van der Waals surface area contributed by atoms with Crippen LogP contribution >= 0.6 is 0 Å². The third kappa shape index (κ3) is 9.26. The van der Waals surface area contributed by atoms with Crippen LogP contribution in [-0.2, 0) is 0 Å². The van der Waals surface area contributed by atoms with Crippen LogP contribution in [0.4, 0.5) is 0 Å². The van der Waals surface area contributed by atoms with E-state index in [2.05, 4.69) is 43.8 Å². The summed E-state index contributed by atoms with van der Waals surface area (Å²) < 4.78 is 0. The van der Waals surface area contributed by atoms with Crippen LogP contribution in [0.5, 0.6) is 0 Å². The van der Waals surface area contributed by atoms with Gasteiger partial charge in [-0.1, -0.05) is 31.3 Å². The van der Waals surface area contributed by atoms with Crippen molar-refractivity contribution in [2.24, 2.45) is 0 Å². The molecule has 0 fully saturated rings. The van der Waals surface area contributed by atoms with Crippen molar-refractivity contribution in [1.82, 2.24) is 4.90 Å². The Morgan fingerprint density at radius 1 is 1.33 bits per heavy atom. The third-order valence-electron chi connectivity index (χ3n) is 1.43. The van der Waals surface area contributed by atoms with Gasteiger partial charge in [0.2, 0.25) is 0 Å². The average molecular weight is 165 g/mol. The molecule has 12 heavy (non-hydrogen) atoms. The number of nitrogens with zero attached hydrogens (tertiary/aromatic N) is 1. The van der Waals surface area contributed by atoms with Crippen molar-refractivity contribution < 1.29 is 0 Å². The van der Waals surface area contributed by atoms with E-state index in [0.29, 0.717) is 0 Å². The van der Waals surface area contributed by atoms with Crippen LogP contribution in [0, 0.1) is 11.8 Å². The van der Waals surface area contributed by atoms with Crippen LogP contribution in [0.15, 0.2) is 12.2 Å². The second-order valence-corrected chi connectivity index (χ2v) is 3.09. The molecule has 0 atom stereocenters. The van der Waals surface area contributed by atoms with E-state index in [1.165, 1.54) is 12.8 Å². The smallest absolute Gasteiger partial charge is 0.0166 e. The molecule has 1 heteroatoms. The molecule has 0 radical (unpaired) electrons. The minimum Gasteiger partial charge on any atom is -0.306 e. The van der Waals surface area contributed by atoms with Gasteiger partial charge in [-0.25, -0.2) is 0 Å². The summed E-state index contributed by atoms with van der Waals surface area (Å²) in [5.74, 6) is 6.12. The summed E-state index contributed by atoms with van der Waals surface area (Å²) in [6, 6.07) is 0. The minimum absolute atomic E-state index is 0.975. The summed E-state index contributed by atoms with van der Waals surface area (Å²) in [6.45, 7) is 3.16. The first-order valence-electron chi connectivity index (χ1n) is 4.55. The zero-order chi connectivity index (χ0) is 9.23. The van der Waals surface area contributed by atoms with Crippen LogP contribution in [0.2, 0.25) is 0 Å². The topological polar surface area (TPSA) is 3.24 Å². The predicted molar refractivity (Wildman–Crippen MR) is 55.0 cm³/mol. The summed E-state index contributed by atoms with van der Waals surface area (Å²) in [6.07, 6.45) is 7.50. The molecule has 0 amide bonds. The van der Waals surface area contributed by atoms with Crippen LogP contribution in [0.3, 0.4) is 0 Å². The monoisotopic (exact) mass is 165 g/mol. The fourth-order valence-electron chi connectivity index (χ4n) is 0.719. The highest BCUT2D eigenvalue weighted by Gasteiger charge is 1.79. The molecule has 0 aromatic heterocycles. The normalized spacial score (nSPS) is 10.3. The Kier molecular flexibility index (Phi) is 7.84. The van der Waals surface area contributed by atoms with Crippen molar-refractivity contribution in [1.29, 1.82) is 0 Å². The van der Waals surface area contributed by atoms with Crippen LogP contribution in [0.1, 0.15) is 26.2 Å². The summed E-state index contributed by atoms with van der Waals surface area (Å²) in [5, 5.41) is 0. The van der Waals surface area contributed by atoms with Crippen molar-refractivity contribution in [3.8, 4) is 11.8 Å². The Hall–Kier alpha value is -0.740. The van der Waals surface area contributed by atoms with Crippen molar-refractivity contribution in [3.63, 3.8) is 0 Å². The largest absolute Gasteiger partial charge is 0.306 e. The molecule has 1 nitrogen and oxygen atoms in total. The van der Waals surface area contributed by atoms with Crippen molar-refractivity contribution in [2.75, 3.05) is 20.6 Å². The summed E-state index contributed by atoms with van der Waals surface area (Å²) in [4.78, 5) is 2.12. The Labute approximate surface area is 76.5 Å². The molecule has 0 spiro atoms. The van der Waals surface area contributed by atoms with Gasteiger partial charge in [0.05, 0.1) is 0 Å². The van der Waals surface area contributed by atoms with Gasteiger partial charge >= 0.3 is 0 Å². The number of hydrogen-bond donors (Lipinski definition) is 0. The molecule has 0 saturated carbocycles. The summed E-state index contributed by atoms with van der Waals surface area (Å²) in [5.41, 5.74) is 0. The number of hydrogen-bond acceptors (Lipinski definition) is 1. The van der Waals surface area contributed by atoms with Gasteiger partial charge in [-0.15, -0.1) is 0 Å². The highest BCUT2D eigenvalue weighted by molar-refractivity contribution is 5.15. The first-order valence-corrected chi connectivity index (χ1v) is 4.55. The standard InChI is InChI=1S/C11H19N/c1-4-5-6-7-8-9-10-11-12(2)3/h9-10H,4-6,11H2,1-3H3. The molecule has 0 aliphatic heterocycles. The molecule has 0 heterocycles. The first-order chi connectivity index (χ1) is 5.77. The lowest BCUT2D eigenvalue weighted by Gasteiger charge is -2.01. The van der Waals surface area contributed by atoms with E-state index < -0.39 is 0 Å². The van der Waals surface area contributed by atoms with Crippen LogP contribution < -0.4 is 0 Å². The molecular formula is C11H19N. The van der Waals surface area contributed by atoms with Gasteiger partial charge in [0.15, 0.2) is 0 Å². The second kappa shape index (κ2) is 8.36. The van der Waals surface area contributed by atoms with Gasteiger partial charge in [-0.2, -0.15) is 0 Å². The molecule has 0 rings (SSSR count). The Bertz CT molecular complexity index is 169. The molecule has 0 unspecified atom stereocenters. The molecule has 0 aliphatic rings. The quantitative estimate of drug-likeness (QED) is 0.456. The lowest BCUT2D eigenvalue weighted by molar-refractivity contribution is 0.456. The number of unbranched alkanes of at least 4 members (excludes halogenated alkanes) is 2. The SMILES string of the molecule is CCCCC#CC=CCN(C)C. The Morgan fingerprint density at radius 3 is 2.67 bits per heavy atom. The van der Waals surface area contributed by atoms with Crippen LogP contribution in [-0.4, -0.2) is 25.5 Å². The van der Waals surface area contributed by atoms with E-state index in [-0.39, 0.29) is 0 Å².